The summed E-state index contributed by atoms with van der Waals surface area (Å²) in [5, 5.41) is 11.5. The fourth-order valence-electron chi connectivity index (χ4n) is 2.69. The van der Waals surface area contributed by atoms with Gasteiger partial charge in [-0.05, 0) is 11.6 Å². The van der Waals surface area contributed by atoms with E-state index in [-0.39, 0.29) is 5.69 Å². The Kier molecular flexibility index (Phi) is 6.73. The number of benzene rings is 2. The molecule has 0 atom stereocenters. The van der Waals surface area contributed by atoms with Gasteiger partial charge in [0.2, 0.25) is 0 Å². The monoisotopic (exact) mass is 345 g/mol. The van der Waals surface area contributed by atoms with Crippen molar-refractivity contribution in [2.45, 2.75) is 13.1 Å². The van der Waals surface area contributed by atoms with Gasteiger partial charge in [0.15, 0.2) is 11.5 Å². The lowest BCUT2D eigenvalue weighted by molar-refractivity contribution is -0.385. The summed E-state index contributed by atoms with van der Waals surface area (Å²) in [7, 11) is 2.96. The predicted octanol–water partition coefficient (Wildman–Crippen LogP) is 2.57. The Balaban J connectivity index is 2.32. The van der Waals surface area contributed by atoms with Crippen molar-refractivity contribution >= 4 is 5.69 Å². The van der Waals surface area contributed by atoms with Crippen molar-refractivity contribution in [2.75, 3.05) is 27.3 Å². The van der Waals surface area contributed by atoms with Crippen molar-refractivity contribution in [1.29, 1.82) is 0 Å². The number of nitrogens with zero attached hydrogens (tertiary/aromatic N) is 2. The zero-order valence-electron chi connectivity index (χ0n) is 14.5. The molecule has 0 bridgehead atoms. The fourth-order valence-corrected chi connectivity index (χ4v) is 2.69. The highest BCUT2D eigenvalue weighted by Gasteiger charge is 2.21. The van der Waals surface area contributed by atoms with Crippen LogP contribution in [-0.2, 0) is 13.1 Å². The van der Waals surface area contributed by atoms with Crippen LogP contribution >= 0.6 is 0 Å². The number of nitro benzene ring substituents is 1. The standard InChI is InChI=1S/C18H23N3O4/c1-24-17-10-15(16(21(22)23)11-18(17)25-2)13-20(9-8-19)12-14-6-4-3-5-7-14/h3-7,10-11H,8-9,12-13,19H2,1-2H3. The molecule has 0 amide bonds. The van der Waals surface area contributed by atoms with E-state index in [0.29, 0.717) is 43.2 Å². The smallest absolute Gasteiger partial charge is 0.277 e. The zero-order valence-corrected chi connectivity index (χ0v) is 14.5. The first-order chi connectivity index (χ1) is 12.1. The molecule has 0 fully saturated rings. The summed E-state index contributed by atoms with van der Waals surface area (Å²) in [6, 6.07) is 13.0. The zero-order chi connectivity index (χ0) is 18.2. The van der Waals surface area contributed by atoms with E-state index in [1.807, 2.05) is 30.3 Å². The topological polar surface area (TPSA) is 90.9 Å². The minimum absolute atomic E-state index is 0.00716. The molecule has 25 heavy (non-hydrogen) atoms. The molecule has 0 aromatic heterocycles. The Morgan fingerprint density at radius 3 is 2.28 bits per heavy atom. The second-order valence-corrected chi connectivity index (χ2v) is 5.58. The van der Waals surface area contributed by atoms with E-state index in [2.05, 4.69) is 4.90 Å². The summed E-state index contributed by atoms with van der Waals surface area (Å²) in [5.41, 5.74) is 7.41. The summed E-state index contributed by atoms with van der Waals surface area (Å²) in [5.74, 6) is 0.807. The molecule has 0 heterocycles. The SMILES string of the molecule is COc1cc(CN(CCN)Cc2ccccc2)c([N+](=O)[O-])cc1OC. The van der Waals surface area contributed by atoms with Crippen molar-refractivity contribution in [1.82, 2.24) is 4.90 Å². The molecule has 0 radical (unpaired) electrons. The highest BCUT2D eigenvalue weighted by Crippen LogP contribution is 2.35. The molecule has 2 aromatic carbocycles. The first-order valence-corrected chi connectivity index (χ1v) is 7.94. The molecule has 0 aliphatic carbocycles. The van der Waals surface area contributed by atoms with Crippen LogP contribution in [0.15, 0.2) is 42.5 Å². The predicted molar refractivity (Wildman–Crippen MR) is 95.8 cm³/mol. The Labute approximate surface area is 147 Å². The molecule has 0 spiro atoms. The molecular weight excluding hydrogens is 322 g/mol. The molecule has 0 aliphatic rings. The molecule has 2 rings (SSSR count). The van der Waals surface area contributed by atoms with E-state index in [1.165, 1.54) is 20.3 Å². The summed E-state index contributed by atoms with van der Waals surface area (Å²) in [6.45, 7) is 2.14. The summed E-state index contributed by atoms with van der Waals surface area (Å²) in [6.07, 6.45) is 0. The molecule has 2 N–H and O–H groups in total. The molecule has 0 aliphatic heterocycles. The Bertz CT molecular complexity index is 707. The van der Waals surface area contributed by atoms with Crippen molar-refractivity contribution < 1.29 is 14.4 Å². The van der Waals surface area contributed by atoms with Crippen LogP contribution in [0.5, 0.6) is 11.5 Å². The Morgan fingerprint density at radius 1 is 1.08 bits per heavy atom. The van der Waals surface area contributed by atoms with Gasteiger partial charge in [0.25, 0.3) is 5.69 Å². The lowest BCUT2D eigenvalue weighted by atomic mass is 10.1. The number of nitro groups is 1. The second kappa shape index (κ2) is 9.00. The largest absolute Gasteiger partial charge is 0.493 e. The maximum absolute atomic E-state index is 11.5. The van der Waals surface area contributed by atoms with Crippen molar-refractivity contribution in [3.63, 3.8) is 0 Å². The molecule has 0 unspecified atom stereocenters. The summed E-state index contributed by atoms with van der Waals surface area (Å²) >= 11 is 0. The third-order valence-corrected chi connectivity index (χ3v) is 3.87. The normalized spacial score (nSPS) is 10.7. The van der Waals surface area contributed by atoms with Crippen LogP contribution < -0.4 is 15.2 Å². The maximum atomic E-state index is 11.5. The van der Waals surface area contributed by atoms with Gasteiger partial charge in [-0.25, -0.2) is 0 Å². The lowest BCUT2D eigenvalue weighted by Gasteiger charge is -2.22. The van der Waals surface area contributed by atoms with Gasteiger partial charge in [-0.3, -0.25) is 15.0 Å². The van der Waals surface area contributed by atoms with Gasteiger partial charge < -0.3 is 15.2 Å². The van der Waals surface area contributed by atoms with Crippen LogP contribution in [0.1, 0.15) is 11.1 Å². The number of rotatable bonds is 9. The molecule has 0 saturated carbocycles. The van der Waals surface area contributed by atoms with Crippen molar-refractivity contribution in [3.8, 4) is 11.5 Å². The van der Waals surface area contributed by atoms with Crippen LogP contribution in [0.4, 0.5) is 5.69 Å². The van der Waals surface area contributed by atoms with Crippen molar-refractivity contribution in [3.05, 3.63) is 63.7 Å². The first kappa shape index (κ1) is 18.7. The fraction of sp³-hybridized carbons (Fsp3) is 0.333. The molecule has 7 heteroatoms. The van der Waals surface area contributed by atoms with Crippen LogP contribution in [0, 0.1) is 10.1 Å². The molecular formula is C18H23N3O4. The Hall–Kier alpha value is -2.64. The van der Waals surface area contributed by atoms with Gasteiger partial charge in [-0.15, -0.1) is 0 Å². The number of hydrogen-bond acceptors (Lipinski definition) is 6. The molecule has 0 saturated heterocycles. The highest BCUT2D eigenvalue weighted by molar-refractivity contribution is 5.54. The number of ether oxygens (including phenoxy) is 2. The minimum Gasteiger partial charge on any atom is -0.493 e. The Morgan fingerprint density at radius 2 is 1.72 bits per heavy atom. The summed E-state index contributed by atoms with van der Waals surface area (Å²) in [4.78, 5) is 13.1. The van der Waals surface area contributed by atoms with Crippen LogP contribution in [0.3, 0.4) is 0 Å². The summed E-state index contributed by atoms with van der Waals surface area (Å²) < 4.78 is 10.4. The van der Waals surface area contributed by atoms with Gasteiger partial charge in [-0.2, -0.15) is 0 Å². The van der Waals surface area contributed by atoms with E-state index in [4.69, 9.17) is 15.2 Å². The third-order valence-electron chi connectivity index (χ3n) is 3.87. The van der Waals surface area contributed by atoms with Crippen molar-refractivity contribution in [2.24, 2.45) is 5.73 Å². The van der Waals surface area contributed by atoms with E-state index in [0.717, 1.165) is 5.56 Å². The minimum atomic E-state index is -0.402. The highest BCUT2D eigenvalue weighted by atomic mass is 16.6. The average molecular weight is 345 g/mol. The van der Waals surface area contributed by atoms with Crippen LogP contribution in [-0.4, -0.2) is 37.1 Å². The maximum Gasteiger partial charge on any atom is 0.277 e. The van der Waals surface area contributed by atoms with Gasteiger partial charge in [0.1, 0.15) is 0 Å². The molecule has 7 nitrogen and oxygen atoms in total. The van der Waals surface area contributed by atoms with Gasteiger partial charge in [-0.1, -0.05) is 30.3 Å². The van der Waals surface area contributed by atoms with E-state index in [9.17, 15) is 10.1 Å². The van der Waals surface area contributed by atoms with Gasteiger partial charge in [0.05, 0.1) is 25.2 Å². The molecule has 2 aromatic rings. The lowest BCUT2D eigenvalue weighted by Crippen LogP contribution is -2.29. The first-order valence-electron chi connectivity index (χ1n) is 7.94. The molecule has 134 valence electrons. The van der Waals surface area contributed by atoms with Crippen LogP contribution in [0.25, 0.3) is 0 Å². The quantitative estimate of drug-likeness (QED) is 0.555. The van der Waals surface area contributed by atoms with Gasteiger partial charge >= 0.3 is 0 Å². The number of nitrogens with two attached hydrogens (primary N) is 1. The van der Waals surface area contributed by atoms with E-state index < -0.39 is 4.92 Å². The van der Waals surface area contributed by atoms with Gasteiger partial charge in [0, 0.05) is 31.7 Å². The van der Waals surface area contributed by atoms with E-state index in [1.54, 1.807) is 6.07 Å². The van der Waals surface area contributed by atoms with Crippen LogP contribution in [0.2, 0.25) is 0 Å². The number of methoxy groups -OCH3 is 2. The van der Waals surface area contributed by atoms with E-state index >= 15 is 0 Å². The third kappa shape index (κ3) is 4.91. The average Bonchev–Trinajstić information content (AvgIpc) is 2.62. The number of hydrogen-bond donors (Lipinski definition) is 1. The second-order valence-electron chi connectivity index (χ2n) is 5.58.